The lowest BCUT2D eigenvalue weighted by Crippen LogP contribution is -2.70. The Morgan fingerprint density at radius 3 is 1.58 bits per heavy atom. The van der Waals surface area contributed by atoms with Crippen LogP contribution in [0.1, 0.15) is 103 Å². The van der Waals surface area contributed by atoms with Crippen LogP contribution in [0.4, 0.5) is 31.4 Å². The summed E-state index contributed by atoms with van der Waals surface area (Å²) in [6.07, 6.45) is 12.0. The van der Waals surface area contributed by atoms with Crippen molar-refractivity contribution in [3.8, 4) is 0 Å². The minimum Gasteiger partial charge on any atom is -0.481 e. The topological polar surface area (TPSA) is 434 Å². The highest BCUT2D eigenvalue weighted by Crippen LogP contribution is 2.43. The number of fused-ring (bicyclic) bond motifs is 1. The van der Waals surface area contributed by atoms with Crippen LogP contribution < -0.4 is 16.0 Å². The number of carboxylic acid groups (broad SMARTS) is 4. The highest BCUT2D eigenvalue weighted by Gasteiger charge is 2.58. The molecule has 0 radical (unpaired) electrons. The van der Waals surface area contributed by atoms with Crippen LogP contribution in [0.25, 0.3) is 16.5 Å². The van der Waals surface area contributed by atoms with Crippen molar-refractivity contribution in [1.29, 1.82) is 0 Å². The van der Waals surface area contributed by atoms with Crippen LogP contribution in [0.3, 0.4) is 0 Å². The number of aromatic nitrogens is 3. The number of likely N-dealkylation sites (N-methyl/N-ethyl adjacent to an activating group) is 3. The van der Waals surface area contributed by atoms with Gasteiger partial charge in [0.1, 0.15) is 105 Å². The van der Waals surface area contributed by atoms with E-state index in [1.54, 1.807) is 183 Å². The van der Waals surface area contributed by atoms with Crippen LogP contribution in [0.15, 0.2) is 231 Å². The molecule has 4 aromatic carbocycles. The maximum Gasteiger partial charge on any atom is 0.508 e. The maximum absolute atomic E-state index is 14.8. The van der Waals surface area contributed by atoms with Gasteiger partial charge in [-0.1, -0.05) is 132 Å². The van der Waals surface area contributed by atoms with E-state index in [2.05, 4.69) is 51.3 Å². The van der Waals surface area contributed by atoms with E-state index in [0.717, 1.165) is 48.4 Å². The van der Waals surface area contributed by atoms with Gasteiger partial charge in [0.05, 0.1) is 54.4 Å². The van der Waals surface area contributed by atoms with Crippen LogP contribution in [0, 0.1) is 12.8 Å². The van der Waals surface area contributed by atoms with E-state index in [0.29, 0.717) is 33.8 Å². The fourth-order valence-corrected chi connectivity index (χ4v) is 13.9. The van der Waals surface area contributed by atoms with Crippen LogP contribution >= 0.6 is 0 Å². The van der Waals surface area contributed by atoms with Gasteiger partial charge < -0.3 is 64.8 Å². The van der Waals surface area contributed by atoms with Crippen molar-refractivity contribution < 1.29 is 111 Å². The van der Waals surface area contributed by atoms with Gasteiger partial charge in [-0.25, -0.2) is 43.2 Å². The molecule has 119 heavy (non-hydrogen) atoms. The number of amides is 3. The van der Waals surface area contributed by atoms with Gasteiger partial charge >= 0.3 is 60.1 Å². The average Bonchev–Trinajstić information content (AvgIpc) is 0.716. The van der Waals surface area contributed by atoms with Crippen LogP contribution in [-0.2, 0) is 62.0 Å². The number of anilines is 3. The predicted octanol–water partition coefficient (Wildman–Crippen LogP) is 12.3. The largest absolute Gasteiger partial charge is 0.508 e. The second-order valence-electron chi connectivity index (χ2n) is 28.4. The van der Waals surface area contributed by atoms with Crippen molar-refractivity contribution in [2.45, 2.75) is 112 Å². The number of nitrogens with zero attached hydrogens (tertiary/aromatic N) is 11. The van der Waals surface area contributed by atoms with Crippen molar-refractivity contribution in [2.75, 3.05) is 81.6 Å². The molecule has 1 fully saturated rings. The minimum atomic E-state index is -1.40. The first-order chi connectivity index (χ1) is 57.2. The molecule has 5 atom stereocenters. The summed E-state index contributed by atoms with van der Waals surface area (Å²) < 4.78 is 29.8. The number of carbonyl (C=O) groups excluding carboxylic acids is 6. The lowest BCUT2D eigenvalue weighted by molar-refractivity contribution is -0.951. The Kier molecular flexibility index (Phi) is 29.6. The summed E-state index contributed by atoms with van der Waals surface area (Å²) in [6, 6.07) is 37.3. The smallest absolute Gasteiger partial charge is 0.481 e. The highest BCUT2D eigenvalue weighted by atomic mass is 16.7. The van der Waals surface area contributed by atoms with Gasteiger partial charge in [0.15, 0.2) is 17.4 Å². The predicted molar refractivity (Wildman–Crippen MR) is 433 cm³/mol. The summed E-state index contributed by atoms with van der Waals surface area (Å²) in [4.78, 5) is 142. The number of rotatable bonds is 29. The number of hydrogen-bond acceptors (Lipinski definition) is 27. The Labute approximate surface area is 685 Å². The van der Waals surface area contributed by atoms with Gasteiger partial charge in [-0.3, -0.25) is 19.7 Å². The van der Waals surface area contributed by atoms with Crippen molar-refractivity contribution in [3.05, 3.63) is 233 Å². The number of carbonyl (C=O) groups is 10. The van der Waals surface area contributed by atoms with E-state index < -0.39 is 91.9 Å². The third-order valence-electron chi connectivity index (χ3n) is 20.0. The van der Waals surface area contributed by atoms with Gasteiger partial charge in [0, 0.05) is 46.1 Å². The summed E-state index contributed by atoms with van der Waals surface area (Å²) in [7, 11) is 0. The molecule has 0 bridgehead atoms. The lowest BCUT2D eigenvalue weighted by Gasteiger charge is -2.49. The summed E-state index contributed by atoms with van der Waals surface area (Å²) in [5, 5.41) is 70.6. The van der Waals surface area contributed by atoms with Crippen molar-refractivity contribution >= 4 is 105 Å². The van der Waals surface area contributed by atoms with Gasteiger partial charge in [0.2, 0.25) is 5.82 Å². The minimum absolute atomic E-state index is 0.0105. The number of azo groups is 1. The van der Waals surface area contributed by atoms with E-state index in [4.69, 9.17) is 28.4 Å². The Balaban J connectivity index is 0.000000189. The molecule has 1 saturated carbocycles. The molecular formula is C85H95N14O20+3. The first-order valence-corrected chi connectivity index (χ1v) is 38.8. The molecule has 1 aliphatic carbocycles. The number of quaternary nitrogens is 3. The van der Waals surface area contributed by atoms with Crippen LogP contribution in [-0.4, -0.2) is 216 Å². The van der Waals surface area contributed by atoms with Crippen molar-refractivity contribution in [3.63, 3.8) is 0 Å². The Bertz CT molecular complexity index is 5150. The Morgan fingerprint density at radius 1 is 0.546 bits per heavy atom. The van der Waals surface area contributed by atoms with E-state index in [-0.39, 0.29) is 129 Å². The summed E-state index contributed by atoms with van der Waals surface area (Å²) >= 11 is 0. The van der Waals surface area contributed by atoms with E-state index in [1.807, 2.05) is 30.3 Å². The number of carboxylic acids is 4. The third kappa shape index (κ3) is 20.9. The van der Waals surface area contributed by atoms with Gasteiger partial charge in [0.25, 0.3) is 0 Å². The number of hydrogen-bond donors (Lipinski definition) is 7. The highest BCUT2D eigenvalue weighted by molar-refractivity contribution is 6.31. The molecule has 12 rings (SSSR count). The lowest BCUT2D eigenvalue weighted by atomic mass is 9.94. The number of aliphatic carboxylic acids is 4. The summed E-state index contributed by atoms with van der Waals surface area (Å²) in [6.45, 7) is 13.3. The second-order valence-corrected chi connectivity index (χ2v) is 28.4. The molecule has 7 N–H and O–H groups in total. The van der Waals surface area contributed by atoms with E-state index in [1.165, 1.54) is 23.5 Å². The fourth-order valence-electron chi connectivity index (χ4n) is 13.9. The quantitative estimate of drug-likeness (QED) is 0.0130. The summed E-state index contributed by atoms with van der Waals surface area (Å²) in [5.74, 6) is -7.96. The standard InChI is InChI=1S/C30H34N6O8.C28H28N4O6.C27H30N4O6/c1-5-36(13-14-43-30(42)44-18(2)3)27(37)25(33-22-17-31-12-11-19(22)4)24(29(40)41)26(20-9-7-6-8-10-20)35(36)23-15-21(28(38)39)16-32-34-23;1-4-32(14-15-37-28(36)38-18(2)3)26(33)25(30-22-17-29-16-20-12-8-9-13-21(20)22)23(27(34)35)24(31-32)19-10-6-5-7-11-19;1-2-31(16-17-36-27(35)37-21-13-7-4-8-14-21)25(32)24(29-20-12-9-15-28-18-20)22(26(33)34)23(30-31)19-10-5-3-6-11-19/h6-12,15,17-18,21,25,33H,5,13-14,16H2,1-4H3,(H-,38,39,40,41);5-13,16-18H,4,14-15H2,1-3H3,(H-,30,31,34,35);3,5-6,9-12,15,18,21H,2,4,7-8,13-14,16-17H2,1H3,(H-,29,30,33,34)/p+3. The van der Waals surface area contributed by atoms with Gasteiger partial charge in [-0.2, -0.15) is 10.1 Å². The molecule has 622 valence electrons. The zero-order chi connectivity index (χ0) is 85.6. The monoisotopic (exact) mass is 1630 g/mol. The molecule has 5 unspecified atom stereocenters. The van der Waals surface area contributed by atoms with Crippen molar-refractivity contribution in [2.24, 2.45) is 26.3 Å². The van der Waals surface area contributed by atoms with Crippen molar-refractivity contribution in [1.82, 2.24) is 20.0 Å². The molecule has 7 aromatic rings. The normalized spacial score (nSPS) is 19.8. The number of pyridine rings is 3. The second kappa shape index (κ2) is 40.2. The van der Waals surface area contributed by atoms with Gasteiger partial charge in [-0.15, -0.1) is 18.9 Å². The first-order valence-electron chi connectivity index (χ1n) is 38.8. The Morgan fingerprint density at radius 2 is 1.07 bits per heavy atom. The molecule has 5 aliphatic rings. The summed E-state index contributed by atoms with van der Waals surface area (Å²) in [5.41, 5.74) is 2.99. The van der Waals surface area contributed by atoms with E-state index >= 15 is 0 Å². The Hall–Kier alpha value is -13.7. The SMILES string of the molecule is CC[N+]1(CCOC(=O)OC(C)C)C(=O)C(Nc2cnccc2C)C(C(=O)O)=C(c2ccccc2)N1C1=CC(C(=O)O)CN=N1.CC[N+]1(CCOC(=O)OC(C)C)N=C(c2ccccc2)C(C(=O)O)=C(Nc2cncc3ccccc23)C1=O.CC[N+]1(CCOC(=O)OC2CCCCC2)N=C(c2ccccc2)C(C(=O)O)=C(Nc2cccnc2)C1=O. The molecule has 3 amide bonds. The zero-order valence-electron chi connectivity index (χ0n) is 67.0. The molecule has 4 aliphatic heterocycles. The molecule has 0 saturated heterocycles. The number of aryl methyl sites for hydroxylation is 1. The molecule has 0 spiro atoms. The van der Waals surface area contributed by atoms with Crippen LogP contribution in [0.2, 0.25) is 0 Å². The van der Waals surface area contributed by atoms with E-state index in [9.17, 15) is 68.4 Å². The molecule has 7 heterocycles. The molecule has 34 heteroatoms. The first kappa shape index (κ1) is 87.7. The zero-order valence-corrected chi connectivity index (χ0v) is 67.0. The maximum atomic E-state index is 14.8. The number of ether oxygens (including phenoxy) is 6. The molecule has 34 nitrogen and oxygen atoms in total. The third-order valence-corrected chi connectivity index (χ3v) is 20.0. The average molecular weight is 1630 g/mol. The molecule has 3 aromatic heterocycles. The number of benzene rings is 4. The number of nitrogens with one attached hydrogen (secondary N) is 3. The fraction of sp³-hybridized carbons (Fsp3) is 0.329. The van der Waals surface area contributed by atoms with Gasteiger partial charge in [-0.05, 0) is 111 Å². The van der Waals surface area contributed by atoms with Crippen LogP contribution in [0.5, 0.6) is 0 Å². The molecular weight excluding hydrogens is 1540 g/mol.